The molecule has 0 radical (unpaired) electrons. The molecule has 146 valence electrons. The molecule has 0 aliphatic heterocycles. The van der Waals surface area contributed by atoms with Gasteiger partial charge in [0.05, 0.1) is 33.6 Å². The van der Waals surface area contributed by atoms with E-state index in [9.17, 15) is 4.79 Å². The van der Waals surface area contributed by atoms with Gasteiger partial charge in [-0.15, -0.1) is 0 Å². The number of carbonyl (C=O) groups excluding carboxylic acids is 1. The van der Waals surface area contributed by atoms with Crippen LogP contribution in [0.25, 0.3) is 0 Å². The van der Waals surface area contributed by atoms with Gasteiger partial charge in [-0.2, -0.15) is 0 Å². The molecule has 0 fully saturated rings. The van der Waals surface area contributed by atoms with Gasteiger partial charge in [0.25, 0.3) is 5.91 Å². The molecule has 1 atom stereocenters. The van der Waals surface area contributed by atoms with E-state index in [4.69, 9.17) is 14.2 Å². The second-order valence-corrected chi connectivity index (χ2v) is 6.42. The Labute approximate surface area is 161 Å². The number of rotatable bonds is 9. The van der Waals surface area contributed by atoms with Crippen molar-refractivity contribution in [1.29, 1.82) is 0 Å². The lowest BCUT2D eigenvalue weighted by atomic mass is 10.1. The predicted octanol–water partition coefficient (Wildman–Crippen LogP) is 2.06. The fraction of sp³-hybridized carbons (Fsp3) is 0.381. The van der Waals surface area contributed by atoms with Crippen LogP contribution in [-0.2, 0) is 11.3 Å². The number of likely N-dealkylation sites (N-methyl/N-ethyl adjacent to an activating group) is 1. The van der Waals surface area contributed by atoms with E-state index in [1.54, 1.807) is 14.2 Å². The molecule has 27 heavy (non-hydrogen) atoms. The molecule has 0 heterocycles. The third-order valence-corrected chi connectivity index (χ3v) is 4.26. The lowest BCUT2D eigenvalue weighted by Gasteiger charge is -2.18. The first-order chi connectivity index (χ1) is 13.0. The highest BCUT2D eigenvalue weighted by Gasteiger charge is 2.16. The Morgan fingerprint density at radius 1 is 1.07 bits per heavy atom. The predicted molar refractivity (Wildman–Crippen MR) is 106 cm³/mol. The molecule has 0 aliphatic carbocycles. The van der Waals surface area contributed by atoms with Gasteiger partial charge in [-0.05, 0) is 43.7 Å². The van der Waals surface area contributed by atoms with E-state index in [1.165, 1.54) is 0 Å². The zero-order valence-electron chi connectivity index (χ0n) is 16.7. The fourth-order valence-electron chi connectivity index (χ4n) is 2.92. The van der Waals surface area contributed by atoms with Crippen molar-refractivity contribution in [3.05, 3.63) is 47.5 Å². The number of anilines is 1. The number of methoxy groups -OCH3 is 2. The van der Waals surface area contributed by atoms with Crippen molar-refractivity contribution in [1.82, 2.24) is 0 Å². The molecular formula is C21H29N2O4+. The topological polar surface area (TPSA) is 61.2 Å². The number of hydrogen-bond acceptors (Lipinski definition) is 4. The van der Waals surface area contributed by atoms with Crippen molar-refractivity contribution in [2.75, 3.05) is 39.7 Å². The van der Waals surface area contributed by atoms with Gasteiger partial charge < -0.3 is 24.4 Å². The van der Waals surface area contributed by atoms with Crippen molar-refractivity contribution < 1.29 is 23.9 Å². The van der Waals surface area contributed by atoms with E-state index in [0.29, 0.717) is 42.6 Å². The summed E-state index contributed by atoms with van der Waals surface area (Å²) in [6, 6.07) is 11.4. The summed E-state index contributed by atoms with van der Waals surface area (Å²) < 4.78 is 16.3. The van der Waals surface area contributed by atoms with Crippen LogP contribution in [0.5, 0.6) is 17.2 Å². The summed E-state index contributed by atoms with van der Waals surface area (Å²) >= 11 is 0. The van der Waals surface area contributed by atoms with Gasteiger partial charge in [-0.25, -0.2) is 0 Å². The van der Waals surface area contributed by atoms with Crippen LogP contribution in [0.1, 0.15) is 18.1 Å². The van der Waals surface area contributed by atoms with Crippen molar-refractivity contribution in [3.63, 3.8) is 0 Å². The smallest absolute Gasteiger partial charge is 0.279 e. The second kappa shape index (κ2) is 9.83. The first kappa shape index (κ1) is 20.6. The maximum absolute atomic E-state index is 12.4. The molecule has 0 aromatic heterocycles. The van der Waals surface area contributed by atoms with Gasteiger partial charge in [0, 0.05) is 5.56 Å². The highest BCUT2D eigenvalue weighted by Crippen LogP contribution is 2.30. The van der Waals surface area contributed by atoms with Crippen LogP contribution in [0.15, 0.2) is 36.4 Å². The zero-order chi connectivity index (χ0) is 19.8. The Kier molecular flexibility index (Phi) is 7.49. The van der Waals surface area contributed by atoms with E-state index >= 15 is 0 Å². The molecule has 0 saturated heterocycles. The number of benzene rings is 2. The summed E-state index contributed by atoms with van der Waals surface area (Å²) in [4.78, 5) is 13.5. The Hall–Kier alpha value is -2.73. The van der Waals surface area contributed by atoms with Crippen LogP contribution >= 0.6 is 0 Å². The standard InChI is InChI=1S/C21H28N2O4/c1-6-27-18-10-8-7-9-17(18)22-21(24)14-23(3)13-16-12-20(26-5)19(25-4)11-15(16)2/h7-12H,6,13-14H2,1-5H3,(H,22,24)/p+1. The average molecular weight is 373 g/mol. The average Bonchev–Trinajstić information content (AvgIpc) is 2.64. The van der Waals surface area contributed by atoms with E-state index < -0.39 is 0 Å². The Balaban J connectivity index is 2.01. The highest BCUT2D eigenvalue weighted by molar-refractivity contribution is 5.92. The molecule has 1 amide bonds. The van der Waals surface area contributed by atoms with Crippen molar-refractivity contribution >= 4 is 11.6 Å². The van der Waals surface area contributed by atoms with Crippen LogP contribution in [0.3, 0.4) is 0 Å². The lowest BCUT2D eigenvalue weighted by Crippen LogP contribution is -3.08. The summed E-state index contributed by atoms with van der Waals surface area (Å²) in [6.45, 7) is 5.54. The summed E-state index contributed by atoms with van der Waals surface area (Å²) in [6.07, 6.45) is 0. The van der Waals surface area contributed by atoms with Crippen LogP contribution in [0.2, 0.25) is 0 Å². The minimum Gasteiger partial charge on any atom is -0.493 e. The molecule has 0 spiro atoms. The molecular weight excluding hydrogens is 344 g/mol. The SMILES string of the molecule is CCOc1ccccc1NC(=O)C[NH+](C)Cc1cc(OC)c(OC)cc1C. The van der Waals surface area contributed by atoms with E-state index in [2.05, 4.69) is 5.32 Å². The van der Waals surface area contributed by atoms with Gasteiger partial charge in [-0.3, -0.25) is 4.79 Å². The monoisotopic (exact) mass is 373 g/mol. The molecule has 2 aromatic carbocycles. The highest BCUT2D eigenvalue weighted by atomic mass is 16.5. The van der Waals surface area contributed by atoms with E-state index in [0.717, 1.165) is 16.0 Å². The summed E-state index contributed by atoms with van der Waals surface area (Å²) in [5, 5.41) is 2.94. The van der Waals surface area contributed by atoms with Gasteiger partial charge >= 0.3 is 0 Å². The second-order valence-electron chi connectivity index (χ2n) is 6.42. The summed E-state index contributed by atoms with van der Waals surface area (Å²) in [7, 11) is 5.24. The molecule has 2 aromatic rings. The Morgan fingerprint density at radius 2 is 1.74 bits per heavy atom. The quantitative estimate of drug-likeness (QED) is 0.706. The molecule has 6 heteroatoms. The summed E-state index contributed by atoms with van der Waals surface area (Å²) in [5.41, 5.74) is 2.92. The number of nitrogens with one attached hydrogen (secondary N) is 2. The maximum atomic E-state index is 12.4. The van der Waals surface area contributed by atoms with Crippen molar-refractivity contribution in [2.24, 2.45) is 0 Å². The Morgan fingerprint density at radius 3 is 2.41 bits per heavy atom. The van der Waals surface area contributed by atoms with E-state index in [1.807, 2.05) is 57.3 Å². The number of quaternary nitrogens is 1. The molecule has 0 aliphatic rings. The van der Waals surface area contributed by atoms with E-state index in [-0.39, 0.29) is 5.91 Å². The molecule has 1 unspecified atom stereocenters. The number of hydrogen-bond donors (Lipinski definition) is 2. The Bertz CT molecular complexity index is 777. The van der Waals surface area contributed by atoms with Gasteiger partial charge in [0.1, 0.15) is 12.3 Å². The first-order valence-corrected chi connectivity index (χ1v) is 9.03. The van der Waals surface area contributed by atoms with Crippen LogP contribution in [-0.4, -0.2) is 40.3 Å². The lowest BCUT2D eigenvalue weighted by molar-refractivity contribution is -0.885. The number of para-hydroxylation sites is 2. The number of amides is 1. The normalized spacial score (nSPS) is 11.6. The molecule has 2 rings (SSSR count). The summed E-state index contributed by atoms with van der Waals surface area (Å²) in [5.74, 6) is 2.03. The molecule has 0 saturated carbocycles. The largest absolute Gasteiger partial charge is 0.493 e. The first-order valence-electron chi connectivity index (χ1n) is 9.03. The number of carbonyl (C=O) groups is 1. The van der Waals surface area contributed by atoms with Crippen LogP contribution in [0.4, 0.5) is 5.69 Å². The molecule has 2 N–H and O–H groups in total. The van der Waals surface area contributed by atoms with Crippen molar-refractivity contribution in [2.45, 2.75) is 20.4 Å². The number of ether oxygens (including phenoxy) is 3. The fourth-order valence-corrected chi connectivity index (χ4v) is 2.92. The van der Waals surface area contributed by atoms with Gasteiger partial charge in [0.2, 0.25) is 0 Å². The minimum atomic E-state index is -0.0576. The van der Waals surface area contributed by atoms with Gasteiger partial charge in [-0.1, -0.05) is 12.1 Å². The molecule has 6 nitrogen and oxygen atoms in total. The van der Waals surface area contributed by atoms with Gasteiger partial charge in [0.15, 0.2) is 18.0 Å². The van der Waals surface area contributed by atoms with Crippen LogP contribution < -0.4 is 24.4 Å². The van der Waals surface area contributed by atoms with Crippen LogP contribution in [0, 0.1) is 6.92 Å². The zero-order valence-corrected chi connectivity index (χ0v) is 16.7. The third-order valence-electron chi connectivity index (χ3n) is 4.26. The third kappa shape index (κ3) is 5.62. The number of aryl methyl sites for hydroxylation is 1. The minimum absolute atomic E-state index is 0.0576. The maximum Gasteiger partial charge on any atom is 0.279 e. The molecule has 0 bridgehead atoms. The van der Waals surface area contributed by atoms with Crippen molar-refractivity contribution in [3.8, 4) is 17.2 Å².